The van der Waals surface area contributed by atoms with Gasteiger partial charge in [0.25, 0.3) is 0 Å². The van der Waals surface area contributed by atoms with Crippen LogP contribution in [0.3, 0.4) is 0 Å². The Labute approximate surface area is 191 Å². The summed E-state index contributed by atoms with van der Waals surface area (Å²) in [5.74, 6) is -0.234. The first-order chi connectivity index (χ1) is 15.5. The van der Waals surface area contributed by atoms with Crippen molar-refractivity contribution in [3.05, 3.63) is 51.7 Å². The predicted octanol–water partition coefficient (Wildman–Crippen LogP) is 2.41. The van der Waals surface area contributed by atoms with Crippen LogP contribution in [0, 0.1) is 5.92 Å². The number of amides is 1. The van der Waals surface area contributed by atoms with Gasteiger partial charge in [-0.3, -0.25) is 4.79 Å². The molecule has 32 heavy (non-hydrogen) atoms. The van der Waals surface area contributed by atoms with Gasteiger partial charge in [0.1, 0.15) is 5.75 Å². The molecule has 0 bridgehead atoms. The van der Waals surface area contributed by atoms with Crippen LogP contribution in [0.2, 0.25) is 0 Å². The highest BCUT2D eigenvalue weighted by Gasteiger charge is 2.38. The number of alkyl halides is 1. The Morgan fingerprint density at radius 2 is 2.00 bits per heavy atom. The summed E-state index contributed by atoms with van der Waals surface area (Å²) >= 11 is 6.39. The molecule has 7 heteroatoms. The van der Waals surface area contributed by atoms with Crippen LogP contribution in [0.4, 0.5) is 0 Å². The SMILES string of the molecule is COc1ccc(C2c3[nH]c4c(c3CCN2C(=O)C(=O)OCC2CCC2)=CC(Cl)CC=4)cc1. The first kappa shape index (κ1) is 21.1. The number of ether oxygens (including phenoxy) is 2. The van der Waals surface area contributed by atoms with Crippen molar-refractivity contribution < 1.29 is 19.1 Å². The number of nitrogens with zero attached hydrogens (tertiary/aromatic N) is 1. The van der Waals surface area contributed by atoms with Crippen molar-refractivity contribution in [2.24, 2.45) is 5.92 Å². The number of aromatic nitrogens is 1. The van der Waals surface area contributed by atoms with Crippen molar-refractivity contribution in [2.45, 2.75) is 43.5 Å². The topological polar surface area (TPSA) is 71.6 Å². The minimum atomic E-state index is -0.769. The summed E-state index contributed by atoms with van der Waals surface area (Å²) in [5.41, 5.74) is 3.01. The third-order valence-electron chi connectivity index (χ3n) is 6.83. The summed E-state index contributed by atoms with van der Waals surface area (Å²) in [6, 6.07) is 7.22. The van der Waals surface area contributed by atoms with Crippen LogP contribution in [0.15, 0.2) is 24.3 Å². The number of fused-ring (bicyclic) bond motifs is 3. The molecule has 5 rings (SSSR count). The van der Waals surface area contributed by atoms with Gasteiger partial charge in [0.2, 0.25) is 0 Å². The molecule has 1 aromatic carbocycles. The second-order valence-electron chi connectivity index (χ2n) is 8.79. The molecule has 0 spiro atoms. The molecule has 3 aliphatic rings. The number of benzene rings is 1. The van der Waals surface area contributed by atoms with Gasteiger partial charge in [-0.2, -0.15) is 0 Å². The molecule has 1 N–H and O–H groups in total. The zero-order chi connectivity index (χ0) is 22.2. The highest BCUT2D eigenvalue weighted by atomic mass is 35.5. The summed E-state index contributed by atoms with van der Waals surface area (Å²) in [4.78, 5) is 31.0. The molecule has 2 atom stereocenters. The Morgan fingerprint density at radius 3 is 2.69 bits per heavy atom. The summed E-state index contributed by atoms with van der Waals surface area (Å²) in [5, 5.41) is 2.11. The average molecular weight is 455 g/mol. The standard InChI is InChI=1S/C25H27ClN2O4/c1-31-18-8-5-16(6-9-18)23-22-19(20-13-17(26)7-10-21(20)27-22)11-12-28(23)24(29)25(30)32-14-15-3-2-4-15/h5-6,8-10,13,15,17,23,27H,2-4,7,11-12,14H2,1H3. The lowest BCUT2D eigenvalue weighted by atomic mass is 9.86. The molecule has 168 valence electrons. The van der Waals surface area contributed by atoms with Crippen LogP contribution in [0.25, 0.3) is 12.2 Å². The number of hydrogen-bond donors (Lipinski definition) is 1. The number of carbonyl (C=O) groups excluding carboxylic acids is 2. The molecule has 1 saturated carbocycles. The van der Waals surface area contributed by atoms with Crippen molar-refractivity contribution in [3.8, 4) is 5.75 Å². The molecular formula is C25H27ClN2O4. The van der Waals surface area contributed by atoms with Gasteiger partial charge in [-0.15, -0.1) is 11.6 Å². The monoisotopic (exact) mass is 454 g/mol. The maximum Gasteiger partial charge on any atom is 0.397 e. The van der Waals surface area contributed by atoms with Gasteiger partial charge < -0.3 is 19.4 Å². The van der Waals surface area contributed by atoms with Crippen molar-refractivity contribution in [1.82, 2.24) is 9.88 Å². The van der Waals surface area contributed by atoms with Gasteiger partial charge in [0, 0.05) is 22.8 Å². The number of carbonyl (C=O) groups is 2. The van der Waals surface area contributed by atoms with E-state index in [4.69, 9.17) is 21.1 Å². The Hall–Kier alpha value is -2.73. The van der Waals surface area contributed by atoms with E-state index in [1.54, 1.807) is 12.0 Å². The van der Waals surface area contributed by atoms with Gasteiger partial charge in [0.05, 0.1) is 25.1 Å². The molecule has 2 aromatic rings. The highest BCUT2D eigenvalue weighted by Crippen LogP contribution is 2.34. The third kappa shape index (κ3) is 3.81. The quantitative estimate of drug-likeness (QED) is 0.437. The normalized spacial score (nSPS) is 22.0. The molecule has 0 saturated heterocycles. The maximum absolute atomic E-state index is 13.2. The van der Waals surface area contributed by atoms with Gasteiger partial charge >= 0.3 is 11.9 Å². The molecule has 2 aliphatic carbocycles. The number of rotatable bonds is 4. The van der Waals surface area contributed by atoms with E-state index in [1.165, 1.54) is 6.42 Å². The zero-order valence-electron chi connectivity index (χ0n) is 18.1. The Bertz CT molecular complexity index is 1150. The van der Waals surface area contributed by atoms with Crippen LogP contribution in [0.1, 0.15) is 48.5 Å². The largest absolute Gasteiger partial charge is 0.497 e. The second-order valence-corrected chi connectivity index (χ2v) is 9.35. The predicted molar refractivity (Wildman–Crippen MR) is 122 cm³/mol. The lowest BCUT2D eigenvalue weighted by Crippen LogP contribution is -2.45. The van der Waals surface area contributed by atoms with Crippen molar-refractivity contribution >= 4 is 35.6 Å². The lowest BCUT2D eigenvalue weighted by Gasteiger charge is -2.35. The number of hydrogen-bond acceptors (Lipinski definition) is 4. The first-order valence-corrected chi connectivity index (χ1v) is 11.7. The number of esters is 1. The van der Waals surface area contributed by atoms with E-state index in [2.05, 4.69) is 17.1 Å². The summed E-state index contributed by atoms with van der Waals surface area (Å²) in [6.45, 7) is 0.765. The summed E-state index contributed by atoms with van der Waals surface area (Å²) in [6.07, 6.45) is 8.90. The van der Waals surface area contributed by atoms with Gasteiger partial charge in [-0.25, -0.2) is 4.79 Å². The lowest BCUT2D eigenvalue weighted by molar-refractivity contribution is -0.162. The molecular weight excluding hydrogens is 428 g/mol. The number of H-pyrrole nitrogens is 1. The Kier molecular flexibility index (Phi) is 5.72. The molecule has 2 heterocycles. The fourth-order valence-electron chi connectivity index (χ4n) is 4.83. The molecule has 1 aromatic heterocycles. The number of aromatic amines is 1. The minimum absolute atomic E-state index is 0.0389. The molecule has 1 fully saturated rings. The smallest absolute Gasteiger partial charge is 0.397 e. The Balaban J connectivity index is 1.51. The van der Waals surface area contributed by atoms with E-state index in [9.17, 15) is 9.59 Å². The van der Waals surface area contributed by atoms with E-state index in [0.29, 0.717) is 25.5 Å². The number of halogens is 1. The first-order valence-electron chi connectivity index (χ1n) is 11.2. The third-order valence-corrected chi connectivity index (χ3v) is 7.14. The maximum atomic E-state index is 13.2. The molecule has 6 nitrogen and oxygen atoms in total. The van der Waals surface area contributed by atoms with Crippen LogP contribution >= 0.6 is 11.6 Å². The minimum Gasteiger partial charge on any atom is -0.497 e. The van der Waals surface area contributed by atoms with Crippen LogP contribution in [0.5, 0.6) is 5.75 Å². The number of methoxy groups -OCH3 is 1. The van der Waals surface area contributed by atoms with Gasteiger partial charge in [0.15, 0.2) is 0 Å². The summed E-state index contributed by atoms with van der Waals surface area (Å²) in [7, 11) is 1.62. The van der Waals surface area contributed by atoms with Crippen molar-refractivity contribution in [1.29, 1.82) is 0 Å². The van der Waals surface area contributed by atoms with E-state index >= 15 is 0 Å². The molecule has 1 amide bonds. The fraction of sp³-hybridized carbons (Fsp3) is 0.440. The summed E-state index contributed by atoms with van der Waals surface area (Å²) < 4.78 is 10.7. The molecule has 0 radical (unpaired) electrons. The van der Waals surface area contributed by atoms with Crippen LogP contribution < -0.4 is 15.3 Å². The van der Waals surface area contributed by atoms with E-state index in [1.807, 2.05) is 24.3 Å². The van der Waals surface area contributed by atoms with E-state index in [0.717, 1.165) is 52.4 Å². The van der Waals surface area contributed by atoms with Crippen molar-refractivity contribution in [3.63, 3.8) is 0 Å². The number of nitrogens with one attached hydrogen (secondary N) is 1. The van der Waals surface area contributed by atoms with Crippen molar-refractivity contribution in [2.75, 3.05) is 20.3 Å². The zero-order valence-corrected chi connectivity index (χ0v) is 18.9. The Morgan fingerprint density at radius 1 is 1.22 bits per heavy atom. The van der Waals surface area contributed by atoms with Crippen LogP contribution in [-0.2, 0) is 20.7 Å². The fourth-order valence-corrected chi connectivity index (χ4v) is 5.04. The average Bonchev–Trinajstić information content (AvgIpc) is 3.14. The molecule has 1 aliphatic heterocycles. The van der Waals surface area contributed by atoms with Gasteiger partial charge in [-0.05, 0) is 54.9 Å². The highest BCUT2D eigenvalue weighted by molar-refractivity contribution is 6.32. The molecule has 2 unspecified atom stereocenters. The second kappa shape index (κ2) is 8.66. The van der Waals surface area contributed by atoms with E-state index < -0.39 is 17.9 Å². The van der Waals surface area contributed by atoms with Crippen LogP contribution in [-0.4, -0.2) is 47.4 Å². The van der Waals surface area contributed by atoms with Gasteiger partial charge in [-0.1, -0.05) is 30.7 Å². The van der Waals surface area contributed by atoms with E-state index in [-0.39, 0.29) is 5.38 Å².